The number of nitrogens with zero attached hydrogens (tertiary/aromatic N) is 2. The molecule has 0 radical (unpaired) electrons. The molecule has 0 fully saturated rings. The molecule has 1 N–H and O–H groups in total. The molecule has 19 heavy (non-hydrogen) atoms. The Hall–Kier alpha value is -1.11. The second-order valence-corrected chi connectivity index (χ2v) is 6.43. The molecule has 5 nitrogen and oxygen atoms in total. The summed E-state index contributed by atoms with van der Waals surface area (Å²) in [6, 6.07) is 1.66. The lowest BCUT2D eigenvalue weighted by Crippen LogP contribution is -2.07. The van der Waals surface area contributed by atoms with E-state index in [9.17, 15) is 4.79 Å². The summed E-state index contributed by atoms with van der Waals surface area (Å²) in [6.07, 6.45) is 0.470. The molecule has 2 aromatic rings. The van der Waals surface area contributed by atoms with Crippen LogP contribution >= 0.6 is 34.5 Å². The molecule has 1 unspecified atom stereocenters. The Bertz CT molecular complexity index is 597. The van der Waals surface area contributed by atoms with Crippen molar-refractivity contribution in [2.24, 2.45) is 5.92 Å². The van der Waals surface area contributed by atoms with Crippen molar-refractivity contribution in [2.45, 2.75) is 19.8 Å². The van der Waals surface area contributed by atoms with E-state index >= 15 is 0 Å². The first-order valence-electron chi connectivity index (χ1n) is 5.45. The highest BCUT2D eigenvalue weighted by molar-refractivity contribution is 7.20. The van der Waals surface area contributed by atoms with E-state index < -0.39 is 5.97 Å². The normalized spacial score (nSPS) is 12.6. The maximum absolute atomic E-state index is 10.6. The van der Waals surface area contributed by atoms with Crippen molar-refractivity contribution >= 4 is 40.5 Å². The van der Waals surface area contributed by atoms with E-state index in [-0.39, 0.29) is 12.3 Å². The van der Waals surface area contributed by atoms with Crippen LogP contribution in [0.15, 0.2) is 10.5 Å². The first-order chi connectivity index (χ1) is 8.95. The maximum Gasteiger partial charge on any atom is 0.303 e. The second kappa shape index (κ2) is 5.90. The Morgan fingerprint density at radius 3 is 2.84 bits per heavy atom. The Morgan fingerprint density at radius 2 is 2.26 bits per heavy atom. The molecule has 0 aliphatic heterocycles. The molecule has 0 amide bonds. The van der Waals surface area contributed by atoms with Gasteiger partial charge in [0.15, 0.2) is 0 Å². The summed E-state index contributed by atoms with van der Waals surface area (Å²) in [4.78, 5) is 10.6. The van der Waals surface area contributed by atoms with Crippen LogP contribution in [0, 0.1) is 5.92 Å². The molecular formula is C11H10Cl2N2O3S. The van der Waals surface area contributed by atoms with Crippen molar-refractivity contribution in [1.82, 2.24) is 10.2 Å². The zero-order valence-electron chi connectivity index (χ0n) is 9.89. The van der Waals surface area contributed by atoms with Crippen LogP contribution in [0.1, 0.15) is 19.2 Å². The molecule has 1 atom stereocenters. The van der Waals surface area contributed by atoms with Crippen molar-refractivity contribution in [2.75, 3.05) is 0 Å². The van der Waals surface area contributed by atoms with Crippen LogP contribution in [0.2, 0.25) is 8.67 Å². The molecule has 0 saturated carbocycles. The number of carboxylic acids is 1. The highest BCUT2D eigenvalue weighted by Crippen LogP contribution is 2.37. The van der Waals surface area contributed by atoms with Crippen LogP contribution < -0.4 is 0 Å². The molecule has 0 spiro atoms. The Morgan fingerprint density at radius 1 is 1.53 bits per heavy atom. The largest absolute Gasteiger partial charge is 0.481 e. The minimum absolute atomic E-state index is 0.0583. The summed E-state index contributed by atoms with van der Waals surface area (Å²) in [5.41, 5.74) is 0.598. The van der Waals surface area contributed by atoms with Gasteiger partial charge in [-0.25, -0.2) is 0 Å². The van der Waals surface area contributed by atoms with Crippen LogP contribution in [-0.2, 0) is 11.2 Å². The van der Waals surface area contributed by atoms with Crippen LogP contribution in [-0.4, -0.2) is 21.3 Å². The number of carboxylic acid groups (broad SMARTS) is 1. The number of thiophene rings is 1. The summed E-state index contributed by atoms with van der Waals surface area (Å²) in [6.45, 7) is 1.81. The van der Waals surface area contributed by atoms with Gasteiger partial charge in [0.2, 0.25) is 11.8 Å². The molecule has 0 aromatic carbocycles. The maximum atomic E-state index is 10.6. The smallest absolute Gasteiger partial charge is 0.303 e. The lowest BCUT2D eigenvalue weighted by Gasteiger charge is -2.03. The third-order valence-corrected chi connectivity index (χ3v) is 3.89. The minimum atomic E-state index is -0.847. The number of hydrogen-bond donors (Lipinski definition) is 1. The highest BCUT2D eigenvalue weighted by atomic mass is 35.5. The summed E-state index contributed by atoms with van der Waals surface area (Å²) in [5, 5.41) is 16.5. The average Bonchev–Trinajstić information content (AvgIpc) is 2.84. The highest BCUT2D eigenvalue weighted by Gasteiger charge is 2.17. The van der Waals surface area contributed by atoms with E-state index in [2.05, 4.69) is 10.2 Å². The molecule has 0 saturated heterocycles. The van der Waals surface area contributed by atoms with E-state index in [1.807, 2.05) is 6.92 Å². The number of hydrogen-bond acceptors (Lipinski definition) is 5. The molecule has 2 rings (SSSR count). The van der Waals surface area contributed by atoms with E-state index in [0.29, 0.717) is 32.4 Å². The minimum Gasteiger partial charge on any atom is -0.481 e. The van der Waals surface area contributed by atoms with E-state index in [4.69, 9.17) is 32.7 Å². The van der Waals surface area contributed by atoms with E-state index in [1.54, 1.807) is 6.07 Å². The number of aliphatic carboxylic acids is 1. The van der Waals surface area contributed by atoms with Gasteiger partial charge in [-0.1, -0.05) is 30.1 Å². The predicted octanol–water partition coefficient (Wildman–Crippen LogP) is 3.76. The number of rotatable bonds is 5. The summed E-state index contributed by atoms with van der Waals surface area (Å²) in [5.74, 6) is -0.236. The monoisotopic (exact) mass is 320 g/mol. The quantitative estimate of drug-likeness (QED) is 0.907. The van der Waals surface area contributed by atoms with Crippen LogP contribution in [0.25, 0.3) is 11.5 Å². The lowest BCUT2D eigenvalue weighted by atomic mass is 10.0. The standard InChI is InChI=1S/C11H10Cl2N2O3S/c1-5(3-9(16)17)2-8-14-15-11(18-8)6-4-7(12)19-10(6)13/h4-5H,2-3H2,1H3,(H,16,17). The van der Waals surface area contributed by atoms with Crippen molar-refractivity contribution in [3.05, 3.63) is 20.6 Å². The molecule has 0 bridgehead atoms. The Balaban J connectivity index is 2.11. The van der Waals surface area contributed by atoms with E-state index in [1.165, 1.54) is 11.3 Å². The molecule has 8 heteroatoms. The molecule has 102 valence electrons. The molecule has 2 heterocycles. The van der Waals surface area contributed by atoms with Gasteiger partial charge < -0.3 is 9.52 Å². The lowest BCUT2D eigenvalue weighted by molar-refractivity contribution is -0.137. The van der Waals surface area contributed by atoms with Crippen molar-refractivity contribution in [3.8, 4) is 11.5 Å². The Kier molecular flexibility index (Phi) is 4.44. The second-order valence-electron chi connectivity index (χ2n) is 4.15. The van der Waals surface area contributed by atoms with Gasteiger partial charge >= 0.3 is 5.97 Å². The molecule has 2 aromatic heterocycles. The fraction of sp³-hybridized carbons (Fsp3) is 0.364. The van der Waals surface area contributed by atoms with Gasteiger partial charge in [-0.05, 0) is 12.0 Å². The van der Waals surface area contributed by atoms with Gasteiger partial charge in [0, 0.05) is 12.8 Å². The van der Waals surface area contributed by atoms with Crippen LogP contribution in [0.5, 0.6) is 0 Å². The number of aromatic nitrogens is 2. The van der Waals surface area contributed by atoms with Gasteiger partial charge in [0.05, 0.1) is 9.90 Å². The van der Waals surface area contributed by atoms with Gasteiger partial charge in [-0.3, -0.25) is 4.79 Å². The van der Waals surface area contributed by atoms with E-state index in [0.717, 1.165) is 0 Å². The van der Waals surface area contributed by atoms with Gasteiger partial charge in [0.1, 0.15) is 4.34 Å². The summed E-state index contributed by atoms with van der Waals surface area (Å²) >= 11 is 13.1. The first kappa shape index (κ1) is 14.3. The molecule has 0 aliphatic carbocycles. The zero-order valence-corrected chi connectivity index (χ0v) is 12.2. The van der Waals surface area contributed by atoms with Crippen molar-refractivity contribution < 1.29 is 14.3 Å². The fourth-order valence-electron chi connectivity index (χ4n) is 1.60. The third kappa shape index (κ3) is 3.68. The molecule has 0 aliphatic rings. The fourth-order valence-corrected chi connectivity index (χ4v) is 3.05. The van der Waals surface area contributed by atoms with Gasteiger partial charge in [-0.2, -0.15) is 0 Å². The Labute approximate surface area is 123 Å². The van der Waals surface area contributed by atoms with Crippen molar-refractivity contribution in [3.63, 3.8) is 0 Å². The van der Waals surface area contributed by atoms with Gasteiger partial charge in [0.25, 0.3) is 0 Å². The SMILES string of the molecule is CC(CC(=O)O)Cc1nnc(-c2cc(Cl)sc2Cl)o1. The van der Waals surface area contributed by atoms with Crippen molar-refractivity contribution in [1.29, 1.82) is 0 Å². The molecular weight excluding hydrogens is 311 g/mol. The third-order valence-electron chi connectivity index (χ3n) is 2.40. The zero-order chi connectivity index (χ0) is 14.0. The topological polar surface area (TPSA) is 76.2 Å². The summed E-state index contributed by atoms with van der Waals surface area (Å²) in [7, 11) is 0. The average molecular weight is 321 g/mol. The summed E-state index contributed by atoms with van der Waals surface area (Å²) < 4.78 is 6.49. The predicted molar refractivity (Wildman–Crippen MR) is 72.8 cm³/mol. The van der Waals surface area contributed by atoms with Crippen LogP contribution in [0.4, 0.5) is 0 Å². The number of carbonyl (C=O) groups is 1. The number of halogens is 2. The first-order valence-corrected chi connectivity index (χ1v) is 7.02. The van der Waals surface area contributed by atoms with Gasteiger partial charge in [-0.15, -0.1) is 21.5 Å². The van der Waals surface area contributed by atoms with Crippen LogP contribution in [0.3, 0.4) is 0 Å².